The monoisotopic (exact) mass is 299 g/mol. The highest BCUT2D eigenvalue weighted by molar-refractivity contribution is 5.89. The number of rotatable bonds is 1. The second-order valence-corrected chi connectivity index (χ2v) is 7.27. The number of hydrogen-bond acceptors (Lipinski definition) is 4. The van der Waals surface area contributed by atoms with Crippen LogP contribution in [0.1, 0.15) is 30.4 Å². The lowest BCUT2D eigenvalue weighted by Gasteiger charge is -2.57. The maximum Gasteiger partial charge on any atom is 0.174 e. The van der Waals surface area contributed by atoms with Gasteiger partial charge in [-0.3, -0.25) is 4.79 Å². The Kier molecular flexibility index (Phi) is 2.38. The van der Waals surface area contributed by atoms with E-state index in [-0.39, 0.29) is 11.5 Å². The summed E-state index contributed by atoms with van der Waals surface area (Å²) in [6, 6.07) is 4.51. The minimum atomic E-state index is -0.261. The number of hydrogen-bond donors (Lipinski definition) is 0. The summed E-state index contributed by atoms with van der Waals surface area (Å²) in [5, 5.41) is 0. The first-order valence-electron chi connectivity index (χ1n) is 8.27. The molecule has 2 aliphatic carbocycles. The molecule has 116 valence electrons. The molecule has 1 aromatic rings. The van der Waals surface area contributed by atoms with E-state index in [4.69, 9.17) is 9.47 Å². The Morgan fingerprint density at radius 2 is 2.27 bits per heavy atom. The Hall–Kier alpha value is -1.55. The van der Waals surface area contributed by atoms with Crippen molar-refractivity contribution in [3.8, 4) is 11.5 Å². The van der Waals surface area contributed by atoms with Crippen LogP contribution in [0.4, 0.5) is 0 Å². The van der Waals surface area contributed by atoms with Gasteiger partial charge in [0.1, 0.15) is 11.5 Å². The molecule has 0 amide bonds. The Bertz CT molecular complexity index is 685. The Balaban J connectivity index is 1.82. The summed E-state index contributed by atoms with van der Waals surface area (Å²) in [5.74, 6) is 2.72. The van der Waals surface area contributed by atoms with Crippen molar-refractivity contribution in [2.24, 2.45) is 5.92 Å². The smallest absolute Gasteiger partial charge is 0.174 e. The SMILES string of the molecule is COc1ccc2c3c1CC1C4CCC(=O)C(O2)[C@]34CCN1C. The zero-order valence-corrected chi connectivity index (χ0v) is 13.1. The summed E-state index contributed by atoms with van der Waals surface area (Å²) in [7, 11) is 3.96. The number of piperidine rings is 1. The topological polar surface area (TPSA) is 38.8 Å². The van der Waals surface area contributed by atoms with Crippen LogP contribution >= 0.6 is 0 Å². The van der Waals surface area contributed by atoms with Gasteiger partial charge in [0.05, 0.1) is 7.11 Å². The van der Waals surface area contributed by atoms with Crippen LogP contribution in [-0.2, 0) is 16.6 Å². The minimum absolute atomic E-state index is 0.0933. The van der Waals surface area contributed by atoms with E-state index < -0.39 is 0 Å². The van der Waals surface area contributed by atoms with E-state index >= 15 is 0 Å². The maximum atomic E-state index is 12.6. The number of ether oxygens (including phenoxy) is 2. The van der Waals surface area contributed by atoms with Crippen LogP contribution in [0.5, 0.6) is 11.5 Å². The molecule has 22 heavy (non-hydrogen) atoms. The van der Waals surface area contributed by atoms with Crippen molar-refractivity contribution in [2.75, 3.05) is 20.7 Å². The van der Waals surface area contributed by atoms with Crippen LogP contribution in [-0.4, -0.2) is 43.5 Å². The third kappa shape index (κ3) is 1.27. The molecule has 2 bridgehead atoms. The molecule has 0 N–H and O–H groups in total. The number of Topliss-reactive ketones (excluding diaryl/α,β-unsaturated/α-hetero) is 1. The maximum absolute atomic E-state index is 12.6. The lowest BCUT2D eigenvalue weighted by Crippen LogP contribution is -2.65. The number of nitrogens with zero attached hydrogens (tertiary/aromatic N) is 1. The molecule has 1 aromatic carbocycles. The van der Waals surface area contributed by atoms with Gasteiger partial charge in [-0.25, -0.2) is 0 Å². The van der Waals surface area contributed by atoms with E-state index in [1.807, 2.05) is 12.1 Å². The second kappa shape index (κ2) is 4.05. The first kappa shape index (κ1) is 12.9. The van der Waals surface area contributed by atoms with Crippen LogP contribution in [0.3, 0.4) is 0 Å². The minimum Gasteiger partial charge on any atom is -0.496 e. The Morgan fingerprint density at radius 3 is 3.09 bits per heavy atom. The number of likely N-dealkylation sites (tertiary alicyclic amines) is 1. The van der Waals surface area contributed by atoms with Crippen molar-refractivity contribution in [1.29, 1.82) is 0 Å². The van der Waals surface area contributed by atoms with E-state index in [1.165, 1.54) is 11.1 Å². The standard InChI is InChI=1S/C18H21NO3/c1-19-8-7-18-11-3-4-13(20)17(18)22-15-6-5-14(21-2)10(16(15)18)9-12(11)19/h5-6,11-12,17H,3-4,7-9H2,1-2H3/t11?,12?,17?,18-/m0/s1. The molecule has 0 radical (unpaired) electrons. The largest absolute Gasteiger partial charge is 0.496 e. The highest BCUT2D eigenvalue weighted by Crippen LogP contribution is 2.62. The molecule has 2 heterocycles. The van der Waals surface area contributed by atoms with Gasteiger partial charge in [-0.2, -0.15) is 0 Å². The fourth-order valence-electron chi connectivity index (χ4n) is 5.71. The first-order chi connectivity index (χ1) is 10.7. The van der Waals surface area contributed by atoms with Gasteiger partial charge in [0.2, 0.25) is 0 Å². The van der Waals surface area contributed by atoms with Crippen molar-refractivity contribution in [2.45, 2.75) is 43.2 Å². The summed E-state index contributed by atoms with van der Waals surface area (Å²) in [6.45, 7) is 1.05. The summed E-state index contributed by atoms with van der Waals surface area (Å²) < 4.78 is 11.8. The van der Waals surface area contributed by atoms with Crippen molar-refractivity contribution in [1.82, 2.24) is 4.90 Å². The van der Waals surface area contributed by atoms with Crippen molar-refractivity contribution in [3.05, 3.63) is 23.3 Å². The van der Waals surface area contributed by atoms with Crippen molar-refractivity contribution >= 4 is 5.78 Å². The third-order valence-corrected chi connectivity index (χ3v) is 6.61. The molecule has 1 spiro atoms. The average molecular weight is 299 g/mol. The Labute approximate surface area is 130 Å². The lowest BCUT2D eigenvalue weighted by atomic mass is 9.51. The van der Waals surface area contributed by atoms with Crippen LogP contribution in [0, 0.1) is 5.92 Å². The molecule has 1 saturated carbocycles. The average Bonchev–Trinajstić information content (AvgIpc) is 2.87. The molecule has 4 atom stereocenters. The molecule has 2 fully saturated rings. The predicted octanol–water partition coefficient (Wildman–Crippen LogP) is 1.93. The molecular formula is C18H21NO3. The normalized spacial score (nSPS) is 38.5. The summed E-state index contributed by atoms with van der Waals surface area (Å²) in [6.07, 6.45) is 3.45. The first-order valence-corrected chi connectivity index (χ1v) is 8.27. The van der Waals surface area contributed by atoms with Gasteiger partial charge < -0.3 is 14.4 Å². The molecule has 4 aliphatic rings. The number of methoxy groups -OCH3 is 1. The Morgan fingerprint density at radius 1 is 1.41 bits per heavy atom. The van der Waals surface area contributed by atoms with Gasteiger partial charge in [-0.05, 0) is 50.9 Å². The number of carbonyl (C=O) groups excluding carboxylic acids is 1. The highest BCUT2D eigenvalue weighted by Gasteiger charge is 2.65. The number of benzene rings is 1. The third-order valence-electron chi connectivity index (χ3n) is 6.61. The summed E-state index contributed by atoms with van der Waals surface area (Å²) in [5.41, 5.74) is 2.49. The van der Waals surface area contributed by atoms with E-state index in [0.717, 1.165) is 37.3 Å². The van der Waals surface area contributed by atoms with Crippen molar-refractivity contribution < 1.29 is 14.3 Å². The number of ketones is 1. The summed E-state index contributed by atoms with van der Waals surface area (Å²) >= 11 is 0. The number of carbonyl (C=O) groups is 1. The van der Waals surface area contributed by atoms with Gasteiger partial charge in [0, 0.05) is 29.0 Å². The fraction of sp³-hybridized carbons (Fsp3) is 0.611. The molecule has 0 aromatic heterocycles. The fourth-order valence-corrected chi connectivity index (χ4v) is 5.71. The second-order valence-electron chi connectivity index (χ2n) is 7.27. The van der Waals surface area contributed by atoms with Crippen LogP contribution in [0.15, 0.2) is 12.1 Å². The van der Waals surface area contributed by atoms with E-state index in [0.29, 0.717) is 24.2 Å². The molecule has 2 aliphatic heterocycles. The van der Waals surface area contributed by atoms with Gasteiger partial charge in [0.15, 0.2) is 11.9 Å². The molecular weight excluding hydrogens is 278 g/mol. The lowest BCUT2D eigenvalue weighted by molar-refractivity contribution is -0.138. The zero-order valence-electron chi connectivity index (χ0n) is 13.1. The molecule has 4 nitrogen and oxygen atoms in total. The van der Waals surface area contributed by atoms with E-state index in [2.05, 4.69) is 11.9 Å². The zero-order chi connectivity index (χ0) is 15.1. The van der Waals surface area contributed by atoms with Crippen molar-refractivity contribution in [3.63, 3.8) is 0 Å². The van der Waals surface area contributed by atoms with Gasteiger partial charge in [-0.1, -0.05) is 0 Å². The number of likely N-dealkylation sites (N-methyl/N-ethyl adjacent to an activating group) is 1. The van der Waals surface area contributed by atoms with Gasteiger partial charge in [0.25, 0.3) is 0 Å². The molecule has 4 heteroatoms. The van der Waals surface area contributed by atoms with E-state index in [1.54, 1.807) is 7.11 Å². The molecule has 1 saturated heterocycles. The highest BCUT2D eigenvalue weighted by atomic mass is 16.5. The van der Waals surface area contributed by atoms with E-state index in [9.17, 15) is 4.79 Å². The van der Waals surface area contributed by atoms with Crippen LogP contribution in [0.25, 0.3) is 0 Å². The summed E-state index contributed by atoms with van der Waals surface area (Å²) in [4.78, 5) is 15.1. The molecule has 3 unspecified atom stereocenters. The predicted molar refractivity (Wildman–Crippen MR) is 81.6 cm³/mol. The van der Waals surface area contributed by atoms with Crippen LogP contribution in [0.2, 0.25) is 0 Å². The quantitative estimate of drug-likeness (QED) is 0.794. The molecule has 5 rings (SSSR count). The van der Waals surface area contributed by atoms with Gasteiger partial charge >= 0.3 is 0 Å². The van der Waals surface area contributed by atoms with Crippen LogP contribution < -0.4 is 9.47 Å². The van der Waals surface area contributed by atoms with Gasteiger partial charge in [-0.15, -0.1) is 0 Å².